The van der Waals surface area contributed by atoms with Crippen molar-refractivity contribution in [3.8, 4) is 11.5 Å². The highest BCUT2D eigenvalue weighted by atomic mass is 32.2. The second-order valence-corrected chi connectivity index (χ2v) is 15.1. The zero-order valence-electron chi connectivity index (χ0n) is 25.1. The summed E-state index contributed by atoms with van der Waals surface area (Å²) in [5, 5.41) is 0. The van der Waals surface area contributed by atoms with Crippen molar-refractivity contribution in [2.24, 2.45) is 0 Å². The van der Waals surface area contributed by atoms with E-state index in [-0.39, 0.29) is 27.0 Å². The van der Waals surface area contributed by atoms with Gasteiger partial charge >= 0.3 is 0 Å². The number of rotatable bonds is 6. The summed E-state index contributed by atoms with van der Waals surface area (Å²) in [5.74, 6) is 1.79. The summed E-state index contributed by atoms with van der Waals surface area (Å²) in [6.07, 6.45) is 0. The maximum atomic E-state index is 10.4. The molecule has 0 aliphatic heterocycles. The molecule has 0 aliphatic carbocycles. The van der Waals surface area contributed by atoms with Crippen LogP contribution in [0.25, 0.3) is 0 Å². The predicted octanol–water partition coefficient (Wildman–Crippen LogP) is 8.34. The highest BCUT2D eigenvalue weighted by Crippen LogP contribution is 2.35. The smallest absolute Gasteiger partial charge is 0.169 e. The number of benzene rings is 4. The summed E-state index contributed by atoms with van der Waals surface area (Å²) < 4.78 is 43.2. The minimum absolute atomic E-state index is 0.178. The quantitative estimate of drug-likeness (QED) is 0.166. The van der Waals surface area contributed by atoms with Gasteiger partial charge in [-0.2, -0.15) is 0 Å². The van der Waals surface area contributed by atoms with Crippen LogP contribution in [0.3, 0.4) is 0 Å². The molecule has 4 aromatic rings. The first-order valence-electron chi connectivity index (χ1n) is 13.4. The Morgan fingerprint density at radius 3 is 1.39 bits per heavy atom. The van der Waals surface area contributed by atoms with Gasteiger partial charge in [-0.25, -0.2) is 8.42 Å². The van der Waals surface area contributed by atoms with Gasteiger partial charge < -0.3 is 14.0 Å². The second kappa shape index (κ2) is 13.1. The zero-order chi connectivity index (χ0) is 30.4. The Kier molecular flexibility index (Phi) is 10.3. The summed E-state index contributed by atoms with van der Waals surface area (Å²) in [4.78, 5) is 3.71. The molecule has 0 atom stereocenters. The highest BCUT2D eigenvalue weighted by Gasteiger charge is 2.30. The standard InChI is InChI=1S/C27H33O2S.C7H8O3S/c1-20-10-8-9-11-25(20)30(23-16-12-21(13-17-23)28-26(2,3)4)24-18-14-22(15-19-24)29-27(5,6)7;1-6-2-4-7(5-3-6)11(8,9)10/h8-19H,1-7H3;2-5H,1H3,(H,8,9,10)/q+1;/p-1. The van der Waals surface area contributed by atoms with Crippen molar-refractivity contribution >= 4 is 21.0 Å². The molecule has 7 heteroatoms. The average molecular weight is 593 g/mol. The van der Waals surface area contributed by atoms with Crippen LogP contribution in [0.5, 0.6) is 11.5 Å². The van der Waals surface area contributed by atoms with Crippen molar-refractivity contribution < 1.29 is 22.4 Å². The van der Waals surface area contributed by atoms with Crippen molar-refractivity contribution in [1.29, 1.82) is 0 Å². The molecule has 41 heavy (non-hydrogen) atoms. The van der Waals surface area contributed by atoms with E-state index in [0.717, 1.165) is 17.1 Å². The van der Waals surface area contributed by atoms with E-state index in [4.69, 9.17) is 9.47 Å². The predicted molar refractivity (Wildman–Crippen MR) is 166 cm³/mol. The van der Waals surface area contributed by atoms with Gasteiger partial charge in [-0.05, 0) is 122 Å². The van der Waals surface area contributed by atoms with Crippen LogP contribution in [-0.4, -0.2) is 24.2 Å². The summed E-state index contributed by atoms with van der Waals surface area (Å²) in [5.41, 5.74) is 1.81. The van der Waals surface area contributed by atoms with E-state index in [1.54, 1.807) is 12.1 Å². The second-order valence-electron chi connectivity index (χ2n) is 11.7. The first-order valence-corrected chi connectivity index (χ1v) is 16.1. The molecule has 0 spiro atoms. The Hall–Kier alpha value is -3.26. The Balaban J connectivity index is 0.000000352. The van der Waals surface area contributed by atoms with E-state index in [1.165, 1.54) is 32.4 Å². The summed E-state index contributed by atoms with van der Waals surface area (Å²) in [7, 11) is -4.47. The summed E-state index contributed by atoms with van der Waals surface area (Å²) >= 11 is 0. The molecule has 0 saturated carbocycles. The first kappa shape index (κ1) is 32.3. The van der Waals surface area contributed by atoms with E-state index >= 15 is 0 Å². The highest BCUT2D eigenvalue weighted by molar-refractivity contribution is 7.97. The maximum Gasteiger partial charge on any atom is 0.169 e. The average Bonchev–Trinajstić information content (AvgIpc) is 2.86. The monoisotopic (exact) mass is 592 g/mol. The normalized spacial score (nSPS) is 12.0. The molecule has 0 fully saturated rings. The van der Waals surface area contributed by atoms with E-state index in [1.807, 2.05) is 6.92 Å². The molecule has 5 nitrogen and oxygen atoms in total. The molecule has 0 aliphatic rings. The van der Waals surface area contributed by atoms with Crippen LogP contribution in [0, 0.1) is 13.8 Å². The molecular weight excluding hydrogens is 553 g/mol. The third-order valence-corrected chi connectivity index (χ3v) is 8.82. The van der Waals surface area contributed by atoms with Gasteiger partial charge in [-0.1, -0.05) is 35.9 Å². The van der Waals surface area contributed by atoms with E-state index in [0.29, 0.717) is 0 Å². The molecule has 218 valence electrons. The fourth-order valence-electron chi connectivity index (χ4n) is 3.88. The lowest BCUT2D eigenvalue weighted by molar-refractivity contribution is 0.130. The Morgan fingerprint density at radius 2 is 1.02 bits per heavy atom. The van der Waals surface area contributed by atoms with E-state index in [2.05, 4.69) is 121 Å². The third-order valence-electron chi connectivity index (χ3n) is 5.59. The van der Waals surface area contributed by atoms with Crippen molar-refractivity contribution in [3.05, 3.63) is 108 Å². The molecule has 0 unspecified atom stereocenters. The topological polar surface area (TPSA) is 75.7 Å². The van der Waals surface area contributed by atoms with E-state index in [9.17, 15) is 13.0 Å². The lowest BCUT2D eigenvalue weighted by atomic mass is 10.2. The minimum atomic E-state index is -4.27. The molecule has 4 rings (SSSR count). The molecule has 0 aromatic heterocycles. The minimum Gasteiger partial charge on any atom is -0.744 e. The van der Waals surface area contributed by atoms with Crippen molar-refractivity contribution in [2.45, 2.75) is 86.2 Å². The summed E-state index contributed by atoms with van der Waals surface area (Å²) in [6.45, 7) is 16.4. The van der Waals surface area contributed by atoms with Gasteiger partial charge in [0.15, 0.2) is 14.7 Å². The van der Waals surface area contributed by atoms with Crippen LogP contribution in [0.4, 0.5) is 0 Å². The van der Waals surface area contributed by atoms with Gasteiger partial charge in [-0.15, -0.1) is 0 Å². The largest absolute Gasteiger partial charge is 0.744 e. The van der Waals surface area contributed by atoms with Crippen LogP contribution >= 0.6 is 0 Å². The van der Waals surface area contributed by atoms with Crippen LogP contribution in [0.2, 0.25) is 0 Å². The zero-order valence-corrected chi connectivity index (χ0v) is 26.7. The van der Waals surface area contributed by atoms with Crippen LogP contribution in [0.1, 0.15) is 52.7 Å². The SMILES string of the molecule is Cc1ccc(S(=O)(=O)[O-])cc1.Cc1ccccc1[S+](c1ccc(OC(C)(C)C)cc1)c1ccc(OC(C)(C)C)cc1. The van der Waals surface area contributed by atoms with Gasteiger partial charge in [0.1, 0.15) is 32.8 Å². The number of ether oxygens (including phenoxy) is 2. The van der Waals surface area contributed by atoms with Gasteiger partial charge in [0.25, 0.3) is 0 Å². The molecular formula is C34H40O5S2. The molecule has 0 N–H and O–H groups in total. The van der Waals surface area contributed by atoms with Crippen molar-refractivity contribution in [1.82, 2.24) is 0 Å². The first-order chi connectivity index (χ1) is 19.0. The summed E-state index contributed by atoms with van der Waals surface area (Å²) in [6, 6.07) is 31.5. The fraction of sp³-hybridized carbons (Fsp3) is 0.294. The molecule has 0 bridgehead atoms. The lowest BCUT2D eigenvalue weighted by Crippen LogP contribution is -2.23. The van der Waals surface area contributed by atoms with Gasteiger partial charge in [0.05, 0.1) is 15.8 Å². The van der Waals surface area contributed by atoms with Crippen molar-refractivity contribution in [2.75, 3.05) is 0 Å². The third kappa shape index (κ3) is 10.3. The van der Waals surface area contributed by atoms with Crippen LogP contribution < -0.4 is 9.47 Å². The maximum absolute atomic E-state index is 10.4. The number of hydrogen-bond acceptors (Lipinski definition) is 5. The van der Waals surface area contributed by atoms with Gasteiger partial charge in [0.2, 0.25) is 0 Å². The lowest BCUT2D eigenvalue weighted by Gasteiger charge is -2.21. The fourth-order valence-corrected chi connectivity index (χ4v) is 6.55. The van der Waals surface area contributed by atoms with Gasteiger partial charge in [-0.3, -0.25) is 0 Å². The van der Waals surface area contributed by atoms with Crippen LogP contribution in [0.15, 0.2) is 117 Å². The van der Waals surface area contributed by atoms with Crippen molar-refractivity contribution in [3.63, 3.8) is 0 Å². The molecule has 0 heterocycles. The molecule has 0 amide bonds. The van der Waals surface area contributed by atoms with Gasteiger partial charge in [0, 0.05) is 5.56 Å². The molecule has 4 aromatic carbocycles. The number of aryl methyl sites for hydroxylation is 2. The number of hydrogen-bond donors (Lipinski definition) is 0. The van der Waals surface area contributed by atoms with Crippen LogP contribution in [-0.2, 0) is 21.0 Å². The van der Waals surface area contributed by atoms with E-state index < -0.39 is 10.1 Å². The Bertz CT molecular complexity index is 1450. The molecule has 0 radical (unpaired) electrons. The Labute approximate surface area is 248 Å². The Morgan fingerprint density at radius 1 is 0.610 bits per heavy atom. The molecule has 0 saturated heterocycles.